The van der Waals surface area contributed by atoms with Gasteiger partial charge in [-0.25, -0.2) is 0 Å². The molecule has 0 bridgehead atoms. The molecular weight excluding hydrogens is 209 g/mol. The zero-order valence-electron chi connectivity index (χ0n) is 6.64. The molecule has 0 radical (unpaired) electrons. The fraction of sp³-hybridized carbons (Fsp3) is 0.111. The SMILES string of the molecule is NCC#Cc1cc(Cl)c(O)cc1Cl. The highest BCUT2D eigenvalue weighted by Crippen LogP contribution is 2.29. The molecule has 13 heavy (non-hydrogen) atoms. The van der Waals surface area contributed by atoms with Gasteiger partial charge in [0.25, 0.3) is 0 Å². The standard InChI is InChI=1S/C9H7Cl2NO/c10-7-5-9(13)8(11)4-6(7)2-1-3-12/h4-5,13H,3,12H2. The van der Waals surface area contributed by atoms with Crippen LogP contribution in [0.15, 0.2) is 12.1 Å². The van der Waals surface area contributed by atoms with Gasteiger partial charge in [0.05, 0.1) is 16.6 Å². The summed E-state index contributed by atoms with van der Waals surface area (Å²) in [6, 6.07) is 2.85. The van der Waals surface area contributed by atoms with Gasteiger partial charge in [-0.15, -0.1) is 0 Å². The van der Waals surface area contributed by atoms with E-state index in [9.17, 15) is 0 Å². The number of rotatable bonds is 0. The molecule has 0 atom stereocenters. The van der Waals surface area contributed by atoms with E-state index in [2.05, 4.69) is 11.8 Å². The summed E-state index contributed by atoms with van der Waals surface area (Å²) >= 11 is 11.4. The lowest BCUT2D eigenvalue weighted by Crippen LogP contribution is -1.93. The van der Waals surface area contributed by atoms with Crippen LogP contribution < -0.4 is 5.73 Å². The maximum atomic E-state index is 9.16. The van der Waals surface area contributed by atoms with Gasteiger partial charge in [0.1, 0.15) is 5.75 Å². The number of nitrogens with two attached hydrogens (primary N) is 1. The molecule has 2 nitrogen and oxygen atoms in total. The first-order chi connectivity index (χ1) is 6.15. The molecule has 68 valence electrons. The van der Waals surface area contributed by atoms with Gasteiger partial charge in [-0.2, -0.15) is 0 Å². The third kappa shape index (κ3) is 2.53. The summed E-state index contributed by atoms with van der Waals surface area (Å²) in [7, 11) is 0. The van der Waals surface area contributed by atoms with E-state index in [0.717, 1.165) is 0 Å². The van der Waals surface area contributed by atoms with Crippen molar-refractivity contribution in [3.63, 3.8) is 0 Å². The second kappa shape index (κ2) is 4.38. The zero-order valence-corrected chi connectivity index (χ0v) is 8.15. The molecular formula is C9H7Cl2NO. The predicted molar refractivity (Wildman–Crippen MR) is 54.1 cm³/mol. The van der Waals surface area contributed by atoms with Crippen LogP contribution in [0, 0.1) is 11.8 Å². The van der Waals surface area contributed by atoms with Crippen molar-refractivity contribution >= 4 is 23.2 Å². The van der Waals surface area contributed by atoms with E-state index in [1.54, 1.807) is 0 Å². The Labute approximate surface area is 86.3 Å². The van der Waals surface area contributed by atoms with Crippen molar-refractivity contribution in [2.75, 3.05) is 6.54 Å². The zero-order chi connectivity index (χ0) is 9.84. The van der Waals surface area contributed by atoms with Gasteiger partial charge in [0, 0.05) is 11.6 Å². The fourth-order valence-electron chi connectivity index (χ4n) is 0.778. The molecule has 0 saturated heterocycles. The highest BCUT2D eigenvalue weighted by atomic mass is 35.5. The third-order valence-corrected chi connectivity index (χ3v) is 1.98. The van der Waals surface area contributed by atoms with Crippen LogP contribution in [0.2, 0.25) is 10.0 Å². The Morgan fingerprint density at radius 2 is 2.00 bits per heavy atom. The van der Waals surface area contributed by atoms with Gasteiger partial charge in [0.2, 0.25) is 0 Å². The van der Waals surface area contributed by atoms with E-state index in [1.165, 1.54) is 12.1 Å². The molecule has 0 unspecified atom stereocenters. The Hall–Kier alpha value is -0.880. The largest absolute Gasteiger partial charge is 0.506 e. The minimum atomic E-state index is -0.0510. The van der Waals surface area contributed by atoms with Crippen molar-refractivity contribution in [1.82, 2.24) is 0 Å². The molecule has 0 aliphatic carbocycles. The Morgan fingerprint density at radius 1 is 1.31 bits per heavy atom. The number of aromatic hydroxyl groups is 1. The van der Waals surface area contributed by atoms with Gasteiger partial charge >= 0.3 is 0 Å². The quantitative estimate of drug-likeness (QED) is 0.651. The van der Waals surface area contributed by atoms with Crippen LogP contribution in [-0.2, 0) is 0 Å². The molecule has 3 N–H and O–H groups in total. The Balaban J connectivity index is 3.16. The number of phenols is 1. The summed E-state index contributed by atoms with van der Waals surface area (Å²) in [5, 5.41) is 9.75. The van der Waals surface area contributed by atoms with Crippen LogP contribution in [-0.4, -0.2) is 11.7 Å². The van der Waals surface area contributed by atoms with Crippen molar-refractivity contribution in [3.05, 3.63) is 27.7 Å². The van der Waals surface area contributed by atoms with Crippen molar-refractivity contribution in [2.24, 2.45) is 5.73 Å². The highest BCUT2D eigenvalue weighted by Gasteiger charge is 2.03. The van der Waals surface area contributed by atoms with E-state index in [4.69, 9.17) is 34.0 Å². The number of halogens is 2. The molecule has 0 fully saturated rings. The summed E-state index contributed by atoms with van der Waals surface area (Å²) in [4.78, 5) is 0. The average molecular weight is 216 g/mol. The minimum Gasteiger partial charge on any atom is -0.506 e. The van der Waals surface area contributed by atoms with Crippen molar-refractivity contribution in [2.45, 2.75) is 0 Å². The molecule has 1 aromatic carbocycles. The molecule has 0 spiro atoms. The van der Waals surface area contributed by atoms with E-state index in [-0.39, 0.29) is 17.3 Å². The number of benzene rings is 1. The summed E-state index contributed by atoms with van der Waals surface area (Å²) < 4.78 is 0. The summed E-state index contributed by atoms with van der Waals surface area (Å²) in [6.07, 6.45) is 0. The Bertz CT molecular complexity index is 379. The van der Waals surface area contributed by atoms with Gasteiger partial charge in [-0.1, -0.05) is 35.0 Å². The van der Waals surface area contributed by atoms with Crippen LogP contribution in [0.4, 0.5) is 0 Å². The molecule has 0 aromatic heterocycles. The minimum absolute atomic E-state index is 0.0510. The Kier molecular flexibility index (Phi) is 3.44. The van der Waals surface area contributed by atoms with E-state index < -0.39 is 0 Å². The second-order valence-electron chi connectivity index (χ2n) is 2.29. The topological polar surface area (TPSA) is 46.2 Å². The summed E-state index contributed by atoms with van der Waals surface area (Å²) in [5.41, 5.74) is 5.76. The van der Waals surface area contributed by atoms with Crippen molar-refractivity contribution < 1.29 is 5.11 Å². The summed E-state index contributed by atoms with van der Waals surface area (Å²) in [5.74, 6) is 5.33. The molecule has 0 aliphatic rings. The smallest absolute Gasteiger partial charge is 0.135 e. The molecule has 1 aromatic rings. The maximum Gasteiger partial charge on any atom is 0.135 e. The van der Waals surface area contributed by atoms with Gasteiger partial charge in [0.15, 0.2) is 0 Å². The van der Waals surface area contributed by atoms with E-state index in [1.807, 2.05) is 0 Å². The summed E-state index contributed by atoms with van der Waals surface area (Å²) in [6.45, 7) is 0.259. The average Bonchev–Trinajstić information content (AvgIpc) is 2.09. The molecule has 0 saturated carbocycles. The second-order valence-corrected chi connectivity index (χ2v) is 3.10. The van der Waals surface area contributed by atoms with Crippen LogP contribution in [0.5, 0.6) is 5.75 Å². The predicted octanol–water partition coefficient (Wildman–Crippen LogP) is 2.01. The Morgan fingerprint density at radius 3 is 2.62 bits per heavy atom. The molecule has 4 heteroatoms. The number of hydrogen-bond donors (Lipinski definition) is 2. The third-order valence-electron chi connectivity index (χ3n) is 1.36. The first-order valence-corrected chi connectivity index (χ1v) is 4.27. The number of phenolic OH excluding ortho intramolecular Hbond substituents is 1. The van der Waals surface area contributed by atoms with Crippen LogP contribution in [0.1, 0.15) is 5.56 Å². The van der Waals surface area contributed by atoms with E-state index in [0.29, 0.717) is 10.6 Å². The van der Waals surface area contributed by atoms with E-state index >= 15 is 0 Å². The normalized spacial score (nSPS) is 9.15. The molecule has 0 amide bonds. The first kappa shape index (κ1) is 10.2. The highest BCUT2D eigenvalue weighted by molar-refractivity contribution is 6.35. The lowest BCUT2D eigenvalue weighted by molar-refractivity contribution is 0.475. The monoisotopic (exact) mass is 215 g/mol. The van der Waals surface area contributed by atoms with Crippen LogP contribution >= 0.6 is 23.2 Å². The van der Waals surface area contributed by atoms with Crippen LogP contribution in [0.3, 0.4) is 0 Å². The van der Waals surface area contributed by atoms with Crippen LogP contribution in [0.25, 0.3) is 0 Å². The lowest BCUT2D eigenvalue weighted by Gasteiger charge is -1.99. The van der Waals surface area contributed by atoms with Crippen molar-refractivity contribution in [1.29, 1.82) is 0 Å². The van der Waals surface area contributed by atoms with Gasteiger partial charge in [-0.3, -0.25) is 0 Å². The van der Waals surface area contributed by atoms with Gasteiger partial charge < -0.3 is 10.8 Å². The fourth-order valence-corrected chi connectivity index (χ4v) is 1.15. The van der Waals surface area contributed by atoms with Gasteiger partial charge in [-0.05, 0) is 6.07 Å². The lowest BCUT2D eigenvalue weighted by atomic mass is 10.2. The maximum absolute atomic E-state index is 9.16. The first-order valence-electron chi connectivity index (χ1n) is 3.52. The molecule has 1 rings (SSSR count). The molecule has 0 heterocycles. The number of hydrogen-bond acceptors (Lipinski definition) is 2. The van der Waals surface area contributed by atoms with Crippen molar-refractivity contribution in [3.8, 4) is 17.6 Å². The molecule has 0 aliphatic heterocycles.